The number of rotatable bonds is 2. The fourth-order valence-corrected chi connectivity index (χ4v) is 1.35. The fourth-order valence-electron chi connectivity index (χ4n) is 1.35. The summed E-state index contributed by atoms with van der Waals surface area (Å²) < 4.78 is 36.0. The number of aromatic nitrogens is 2. The summed E-state index contributed by atoms with van der Waals surface area (Å²) in [5.41, 5.74) is 1.58. The van der Waals surface area contributed by atoms with Crippen LogP contribution in [0.5, 0.6) is 0 Å². The Bertz CT molecular complexity index is 532. The van der Waals surface area contributed by atoms with Gasteiger partial charge in [-0.2, -0.15) is 18.3 Å². The third-order valence-corrected chi connectivity index (χ3v) is 2.21. The van der Waals surface area contributed by atoms with Crippen molar-refractivity contribution in [2.24, 2.45) is 0 Å². The summed E-state index contributed by atoms with van der Waals surface area (Å²) in [4.78, 5) is 10.7. The Labute approximate surface area is 99.8 Å². The summed E-state index contributed by atoms with van der Waals surface area (Å²) in [6.45, 7) is 0. The second kappa shape index (κ2) is 4.52. The summed E-state index contributed by atoms with van der Waals surface area (Å²) in [5.74, 6) is -1.99. The topological polar surface area (TPSA) is 57.8 Å². The number of benzene rings is 1. The van der Waals surface area contributed by atoms with E-state index in [0.717, 1.165) is 11.3 Å². The number of nitrogens with zero attached hydrogens (tertiary/aromatic N) is 1. The minimum absolute atomic E-state index is 0.0839. The minimum Gasteiger partial charge on any atom is -0.318 e. The van der Waals surface area contributed by atoms with Gasteiger partial charge >= 0.3 is 12.1 Å². The van der Waals surface area contributed by atoms with E-state index in [4.69, 9.17) is 0 Å². The van der Waals surface area contributed by atoms with E-state index in [1.54, 1.807) is 29.7 Å². The maximum absolute atomic E-state index is 12.0. The molecular weight excluding hydrogens is 247 g/mol. The molecule has 2 aromatic rings. The van der Waals surface area contributed by atoms with Crippen molar-refractivity contribution in [2.75, 3.05) is 5.32 Å². The molecule has 0 aliphatic rings. The Hall–Kier alpha value is -2.31. The van der Waals surface area contributed by atoms with Crippen LogP contribution in [0, 0.1) is 0 Å². The zero-order chi connectivity index (χ0) is 13.2. The molecule has 1 aromatic carbocycles. The third-order valence-electron chi connectivity index (χ3n) is 2.21. The molecule has 0 aliphatic carbocycles. The van der Waals surface area contributed by atoms with Crippen molar-refractivity contribution < 1.29 is 18.0 Å². The van der Waals surface area contributed by atoms with E-state index in [1.165, 1.54) is 12.1 Å². The number of amides is 1. The maximum Gasteiger partial charge on any atom is 0.471 e. The molecule has 0 bridgehead atoms. The molecule has 4 nitrogen and oxygen atoms in total. The normalized spacial score (nSPS) is 11.3. The van der Waals surface area contributed by atoms with Crippen LogP contribution in [0.2, 0.25) is 0 Å². The smallest absolute Gasteiger partial charge is 0.318 e. The predicted octanol–water partition coefficient (Wildman–Crippen LogP) is 2.58. The Balaban J connectivity index is 2.12. The average Bonchev–Trinajstić information content (AvgIpc) is 2.82. The van der Waals surface area contributed by atoms with Crippen LogP contribution in [0.1, 0.15) is 0 Å². The van der Waals surface area contributed by atoms with Crippen LogP contribution in [0.3, 0.4) is 0 Å². The first-order valence-electron chi connectivity index (χ1n) is 4.95. The number of halogens is 3. The maximum atomic E-state index is 12.0. The first-order valence-corrected chi connectivity index (χ1v) is 4.95. The molecule has 0 atom stereocenters. The SMILES string of the molecule is O=C(Nc1ccc(-c2ccn[nH]2)cc1)C(F)(F)F. The molecule has 1 aromatic heterocycles. The van der Waals surface area contributed by atoms with Gasteiger partial charge in [-0.05, 0) is 23.8 Å². The van der Waals surface area contributed by atoms with E-state index in [-0.39, 0.29) is 5.69 Å². The van der Waals surface area contributed by atoms with E-state index >= 15 is 0 Å². The van der Waals surface area contributed by atoms with Crippen molar-refractivity contribution in [1.82, 2.24) is 10.2 Å². The highest BCUT2D eigenvalue weighted by atomic mass is 19.4. The van der Waals surface area contributed by atoms with Crippen LogP contribution in [0.25, 0.3) is 11.3 Å². The van der Waals surface area contributed by atoms with Gasteiger partial charge in [0.1, 0.15) is 0 Å². The van der Waals surface area contributed by atoms with Crippen LogP contribution in [-0.2, 0) is 4.79 Å². The highest BCUT2D eigenvalue weighted by Crippen LogP contribution is 2.21. The summed E-state index contributed by atoms with van der Waals surface area (Å²) in [6, 6.07) is 7.67. The van der Waals surface area contributed by atoms with Gasteiger partial charge in [0.05, 0.1) is 5.69 Å². The quantitative estimate of drug-likeness (QED) is 0.866. The van der Waals surface area contributed by atoms with Gasteiger partial charge in [0, 0.05) is 11.9 Å². The Kier molecular flexibility index (Phi) is 3.05. The summed E-state index contributed by atoms with van der Waals surface area (Å²) in [5, 5.41) is 8.24. The number of carbonyl (C=O) groups is 1. The molecule has 2 N–H and O–H groups in total. The van der Waals surface area contributed by atoms with Crippen molar-refractivity contribution in [3.05, 3.63) is 36.5 Å². The minimum atomic E-state index is -4.89. The van der Waals surface area contributed by atoms with Crippen LogP contribution in [0.4, 0.5) is 18.9 Å². The number of alkyl halides is 3. The molecule has 0 fully saturated rings. The second-order valence-corrected chi connectivity index (χ2v) is 3.50. The molecule has 7 heteroatoms. The number of H-pyrrole nitrogens is 1. The molecule has 0 unspecified atom stereocenters. The zero-order valence-electron chi connectivity index (χ0n) is 8.95. The fraction of sp³-hybridized carbons (Fsp3) is 0.0909. The van der Waals surface area contributed by atoms with Gasteiger partial charge in [-0.15, -0.1) is 0 Å². The Morgan fingerprint density at radius 2 is 1.83 bits per heavy atom. The molecule has 0 spiro atoms. The van der Waals surface area contributed by atoms with Gasteiger partial charge in [-0.25, -0.2) is 0 Å². The van der Waals surface area contributed by atoms with Gasteiger partial charge < -0.3 is 5.32 Å². The van der Waals surface area contributed by atoms with Crippen molar-refractivity contribution in [3.8, 4) is 11.3 Å². The van der Waals surface area contributed by atoms with Crippen molar-refractivity contribution in [3.63, 3.8) is 0 Å². The molecule has 0 saturated heterocycles. The third kappa shape index (κ3) is 2.68. The average molecular weight is 255 g/mol. The summed E-state index contributed by atoms with van der Waals surface area (Å²) in [7, 11) is 0. The first-order chi connectivity index (χ1) is 8.47. The predicted molar refractivity (Wildman–Crippen MR) is 58.7 cm³/mol. The van der Waals surface area contributed by atoms with Gasteiger partial charge in [0.15, 0.2) is 0 Å². The number of hydrogen-bond acceptors (Lipinski definition) is 2. The van der Waals surface area contributed by atoms with E-state index in [9.17, 15) is 18.0 Å². The molecule has 0 saturated carbocycles. The first kappa shape index (κ1) is 12.2. The number of nitrogens with one attached hydrogen (secondary N) is 2. The van der Waals surface area contributed by atoms with Crippen molar-refractivity contribution in [2.45, 2.75) is 6.18 Å². The molecular formula is C11H8F3N3O. The van der Waals surface area contributed by atoms with Gasteiger partial charge in [0.25, 0.3) is 0 Å². The lowest BCUT2D eigenvalue weighted by molar-refractivity contribution is -0.167. The molecule has 18 heavy (non-hydrogen) atoms. The Morgan fingerprint density at radius 1 is 1.17 bits per heavy atom. The van der Waals surface area contributed by atoms with Gasteiger partial charge in [-0.1, -0.05) is 12.1 Å². The number of hydrogen-bond donors (Lipinski definition) is 2. The standard InChI is InChI=1S/C11H8F3N3O/c12-11(13,14)10(18)16-8-3-1-7(2-4-8)9-5-6-15-17-9/h1-6H,(H,15,17)(H,16,18). The van der Waals surface area contributed by atoms with E-state index in [2.05, 4.69) is 10.2 Å². The molecule has 1 amide bonds. The molecule has 0 aliphatic heterocycles. The highest BCUT2D eigenvalue weighted by molar-refractivity contribution is 5.95. The lowest BCUT2D eigenvalue weighted by Crippen LogP contribution is -2.29. The monoisotopic (exact) mass is 255 g/mol. The molecule has 2 rings (SSSR count). The lowest BCUT2D eigenvalue weighted by Gasteiger charge is -2.08. The van der Waals surface area contributed by atoms with Crippen LogP contribution < -0.4 is 5.32 Å². The van der Waals surface area contributed by atoms with Crippen molar-refractivity contribution >= 4 is 11.6 Å². The molecule has 94 valence electrons. The number of aromatic amines is 1. The number of anilines is 1. The van der Waals surface area contributed by atoms with E-state index in [0.29, 0.717) is 0 Å². The Morgan fingerprint density at radius 3 is 2.33 bits per heavy atom. The molecule has 0 radical (unpaired) electrons. The van der Waals surface area contributed by atoms with Crippen LogP contribution in [-0.4, -0.2) is 22.3 Å². The highest BCUT2D eigenvalue weighted by Gasteiger charge is 2.38. The second-order valence-electron chi connectivity index (χ2n) is 3.50. The largest absolute Gasteiger partial charge is 0.471 e. The molecule has 1 heterocycles. The summed E-state index contributed by atoms with van der Waals surface area (Å²) in [6.07, 6.45) is -3.32. The van der Waals surface area contributed by atoms with Crippen LogP contribution in [0.15, 0.2) is 36.5 Å². The summed E-state index contributed by atoms with van der Waals surface area (Å²) >= 11 is 0. The van der Waals surface area contributed by atoms with E-state index in [1.807, 2.05) is 0 Å². The van der Waals surface area contributed by atoms with Gasteiger partial charge in [0.2, 0.25) is 0 Å². The zero-order valence-corrected chi connectivity index (χ0v) is 8.95. The van der Waals surface area contributed by atoms with Crippen molar-refractivity contribution in [1.29, 1.82) is 0 Å². The lowest BCUT2D eigenvalue weighted by atomic mass is 10.1. The van der Waals surface area contributed by atoms with E-state index < -0.39 is 12.1 Å². The van der Waals surface area contributed by atoms with Crippen LogP contribution >= 0.6 is 0 Å². The van der Waals surface area contributed by atoms with Gasteiger partial charge in [-0.3, -0.25) is 9.89 Å². The number of carbonyl (C=O) groups excluding carboxylic acids is 1.